The molecule has 0 aliphatic carbocycles. The standard InChI is InChI=1S/C24H26N2O3S2/c1-3-25(4-2)31(28,29)20-12-8-11-19(17-20)24(27)26-15-13-22-21(14-16-30-22)23(26)18-9-6-5-7-10-18/h5-12,14,16-17,23H,3-4,13,15H2,1-2H3. The monoisotopic (exact) mass is 454 g/mol. The largest absolute Gasteiger partial charge is 0.327 e. The summed E-state index contributed by atoms with van der Waals surface area (Å²) in [6.07, 6.45) is 0.805. The number of amides is 1. The lowest BCUT2D eigenvalue weighted by Crippen LogP contribution is -2.40. The predicted octanol–water partition coefficient (Wildman–Crippen LogP) is 4.57. The van der Waals surface area contributed by atoms with Gasteiger partial charge in [0.2, 0.25) is 10.0 Å². The summed E-state index contributed by atoms with van der Waals surface area (Å²) >= 11 is 1.72. The highest BCUT2D eigenvalue weighted by atomic mass is 32.2. The first-order chi connectivity index (χ1) is 15.0. The van der Waals surface area contributed by atoms with Gasteiger partial charge in [-0.05, 0) is 47.2 Å². The molecule has 0 radical (unpaired) electrons. The lowest BCUT2D eigenvalue weighted by Gasteiger charge is -2.36. The molecule has 0 N–H and O–H groups in total. The van der Waals surface area contributed by atoms with Crippen molar-refractivity contribution in [2.45, 2.75) is 31.2 Å². The van der Waals surface area contributed by atoms with Crippen LogP contribution >= 0.6 is 11.3 Å². The van der Waals surface area contributed by atoms with Crippen molar-refractivity contribution < 1.29 is 13.2 Å². The summed E-state index contributed by atoms with van der Waals surface area (Å²) in [5.74, 6) is -0.151. The predicted molar refractivity (Wildman–Crippen MR) is 124 cm³/mol. The van der Waals surface area contributed by atoms with Crippen LogP contribution in [-0.4, -0.2) is 43.2 Å². The van der Waals surface area contributed by atoms with E-state index in [-0.39, 0.29) is 16.8 Å². The summed E-state index contributed by atoms with van der Waals surface area (Å²) in [4.78, 5) is 17.0. The van der Waals surface area contributed by atoms with Crippen molar-refractivity contribution in [3.63, 3.8) is 0 Å². The summed E-state index contributed by atoms with van der Waals surface area (Å²) in [6, 6.07) is 18.4. The third kappa shape index (κ3) is 4.05. The van der Waals surface area contributed by atoms with Gasteiger partial charge in [-0.15, -0.1) is 11.3 Å². The molecule has 1 aromatic heterocycles. The van der Waals surface area contributed by atoms with E-state index in [1.54, 1.807) is 29.5 Å². The first-order valence-corrected chi connectivity index (χ1v) is 12.8. The molecule has 0 bridgehead atoms. The van der Waals surface area contributed by atoms with Crippen molar-refractivity contribution in [1.29, 1.82) is 0 Å². The molecule has 0 fully saturated rings. The van der Waals surface area contributed by atoms with Crippen LogP contribution in [0, 0.1) is 0 Å². The molecule has 0 spiro atoms. The van der Waals surface area contributed by atoms with Crippen molar-refractivity contribution in [3.05, 3.63) is 87.6 Å². The van der Waals surface area contributed by atoms with E-state index in [9.17, 15) is 13.2 Å². The smallest absolute Gasteiger partial charge is 0.254 e. The number of benzene rings is 2. The maximum absolute atomic E-state index is 13.6. The van der Waals surface area contributed by atoms with Crippen LogP contribution in [0.5, 0.6) is 0 Å². The minimum atomic E-state index is -3.63. The molecule has 1 amide bonds. The van der Waals surface area contributed by atoms with Crippen LogP contribution in [-0.2, 0) is 16.4 Å². The van der Waals surface area contributed by atoms with Gasteiger partial charge in [-0.2, -0.15) is 4.31 Å². The highest BCUT2D eigenvalue weighted by molar-refractivity contribution is 7.89. The Morgan fingerprint density at radius 2 is 1.81 bits per heavy atom. The normalized spacial score (nSPS) is 16.4. The number of rotatable bonds is 6. The van der Waals surface area contributed by atoms with E-state index in [2.05, 4.69) is 11.4 Å². The van der Waals surface area contributed by atoms with E-state index in [4.69, 9.17) is 0 Å². The number of thiophene rings is 1. The van der Waals surface area contributed by atoms with E-state index >= 15 is 0 Å². The van der Waals surface area contributed by atoms with Crippen molar-refractivity contribution in [2.24, 2.45) is 0 Å². The average molecular weight is 455 g/mol. The van der Waals surface area contributed by atoms with Gasteiger partial charge in [0.15, 0.2) is 0 Å². The number of fused-ring (bicyclic) bond motifs is 1. The minimum absolute atomic E-state index is 0.151. The molecule has 7 heteroatoms. The number of nitrogens with zero attached hydrogens (tertiary/aromatic N) is 2. The Morgan fingerprint density at radius 1 is 1.06 bits per heavy atom. The lowest BCUT2D eigenvalue weighted by molar-refractivity contribution is 0.0696. The number of hydrogen-bond acceptors (Lipinski definition) is 4. The summed E-state index contributed by atoms with van der Waals surface area (Å²) < 4.78 is 27.3. The molecule has 0 saturated heterocycles. The van der Waals surface area contributed by atoms with Gasteiger partial charge in [0, 0.05) is 30.1 Å². The van der Waals surface area contributed by atoms with Gasteiger partial charge in [0.05, 0.1) is 10.9 Å². The van der Waals surface area contributed by atoms with Gasteiger partial charge in [0.25, 0.3) is 5.91 Å². The minimum Gasteiger partial charge on any atom is -0.327 e. The molecule has 1 atom stereocenters. The third-order valence-electron chi connectivity index (χ3n) is 5.77. The van der Waals surface area contributed by atoms with Crippen LogP contribution in [0.25, 0.3) is 0 Å². The van der Waals surface area contributed by atoms with Crippen LogP contribution in [0.2, 0.25) is 0 Å². The van der Waals surface area contributed by atoms with Crippen molar-refractivity contribution in [1.82, 2.24) is 9.21 Å². The van der Waals surface area contributed by atoms with Crippen LogP contribution in [0.15, 0.2) is 70.9 Å². The molecule has 3 aromatic rings. The molecule has 0 saturated carbocycles. The number of carbonyl (C=O) groups is 1. The van der Waals surface area contributed by atoms with Gasteiger partial charge >= 0.3 is 0 Å². The van der Waals surface area contributed by atoms with E-state index in [0.29, 0.717) is 25.2 Å². The molecular weight excluding hydrogens is 428 g/mol. The molecule has 4 rings (SSSR count). The Balaban J connectivity index is 1.73. The topological polar surface area (TPSA) is 57.7 Å². The second-order valence-electron chi connectivity index (χ2n) is 7.48. The van der Waals surface area contributed by atoms with Gasteiger partial charge in [0.1, 0.15) is 0 Å². The fourth-order valence-electron chi connectivity index (χ4n) is 4.20. The van der Waals surface area contributed by atoms with Gasteiger partial charge < -0.3 is 4.90 Å². The number of sulfonamides is 1. The first kappa shape index (κ1) is 21.7. The molecule has 162 valence electrons. The van der Waals surface area contributed by atoms with Crippen LogP contribution in [0.4, 0.5) is 0 Å². The zero-order chi connectivity index (χ0) is 22.0. The number of hydrogen-bond donors (Lipinski definition) is 0. The van der Waals surface area contributed by atoms with Gasteiger partial charge in [-0.25, -0.2) is 8.42 Å². The zero-order valence-electron chi connectivity index (χ0n) is 17.7. The van der Waals surface area contributed by atoms with E-state index < -0.39 is 10.0 Å². The van der Waals surface area contributed by atoms with Crippen molar-refractivity contribution in [2.75, 3.05) is 19.6 Å². The van der Waals surface area contributed by atoms with Crippen LogP contribution in [0.3, 0.4) is 0 Å². The first-order valence-electron chi connectivity index (χ1n) is 10.5. The number of carbonyl (C=O) groups excluding carboxylic acids is 1. The second-order valence-corrected chi connectivity index (χ2v) is 10.4. The Hall–Kier alpha value is -2.48. The van der Waals surface area contributed by atoms with Gasteiger partial charge in [-0.3, -0.25) is 4.79 Å². The molecular formula is C24H26N2O3S2. The zero-order valence-corrected chi connectivity index (χ0v) is 19.3. The maximum atomic E-state index is 13.6. The molecule has 5 nitrogen and oxygen atoms in total. The molecule has 2 heterocycles. The third-order valence-corrected chi connectivity index (χ3v) is 8.81. The van der Waals surface area contributed by atoms with E-state index in [0.717, 1.165) is 17.5 Å². The quantitative estimate of drug-likeness (QED) is 0.548. The highest BCUT2D eigenvalue weighted by Gasteiger charge is 2.33. The second kappa shape index (κ2) is 8.94. The van der Waals surface area contributed by atoms with Crippen LogP contribution < -0.4 is 0 Å². The highest BCUT2D eigenvalue weighted by Crippen LogP contribution is 2.38. The summed E-state index contributed by atoms with van der Waals surface area (Å²) in [7, 11) is -3.63. The van der Waals surface area contributed by atoms with Crippen molar-refractivity contribution >= 4 is 27.3 Å². The average Bonchev–Trinajstić information content (AvgIpc) is 3.28. The van der Waals surface area contributed by atoms with Crippen LogP contribution in [0.1, 0.15) is 46.3 Å². The Labute approximate surface area is 188 Å². The van der Waals surface area contributed by atoms with Gasteiger partial charge in [-0.1, -0.05) is 50.2 Å². The molecule has 31 heavy (non-hydrogen) atoms. The van der Waals surface area contributed by atoms with E-state index in [1.807, 2.05) is 49.1 Å². The summed E-state index contributed by atoms with van der Waals surface area (Å²) in [5, 5.41) is 2.08. The van der Waals surface area contributed by atoms with Crippen molar-refractivity contribution in [3.8, 4) is 0 Å². The molecule has 1 aliphatic rings. The fraction of sp³-hybridized carbons (Fsp3) is 0.292. The molecule has 1 aliphatic heterocycles. The maximum Gasteiger partial charge on any atom is 0.254 e. The Morgan fingerprint density at radius 3 is 2.52 bits per heavy atom. The Bertz CT molecular complexity index is 1170. The Kier molecular flexibility index (Phi) is 6.27. The summed E-state index contributed by atoms with van der Waals surface area (Å²) in [5.41, 5.74) is 2.61. The fourth-order valence-corrected chi connectivity index (χ4v) is 6.61. The molecule has 2 aromatic carbocycles. The summed E-state index contributed by atoms with van der Waals surface area (Å²) in [6.45, 7) is 5.00. The molecule has 1 unspecified atom stereocenters. The van der Waals surface area contributed by atoms with E-state index in [1.165, 1.54) is 15.2 Å². The SMILES string of the molecule is CCN(CC)S(=O)(=O)c1cccc(C(=O)N2CCc3sccc3C2c2ccccc2)c1. The lowest BCUT2D eigenvalue weighted by atomic mass is 9.92.